The predicted octanol–water partition coefficient (Wildman–Crippen LogP) is 3.70. The Morgan fingerprint density at radius 1 is 1.21 bits per heavy atom. The van der Waals surface area contributed by atoms with Gasteiger partial charge in [-0.3, -0.25) is 9.69 Å². The molecular weight excluding hydrogens is 584 g/mol. The van der Waals surface area contributed by atoms with Crippen LogP contribution in [0.1, 0.15) is 0 Å². The lowest BCUT2D eigenvalue weighted by Crippen LogP contribution is -2.57. The van der Waals surface area contributed by atoms with Crippen LogP contribution in [-0.2, 0) is 16.3 Å². The Bertz CT molecular complexity index is 1860. The Balaban J connectivity index is 1.45. The van der Waals surface area contributed by atoms with E-state index in [2.05, 4.69) is 31.2 Å². The number of halogens is 2. The van der Waals surface area contributed by atoms with Crippen LogP contribution in [0.15, 0.2) is 70.5 Å². The SMILES string of the molecule is C=CCn1c(=O)c2cnc(Nc3ccc(N4CCN(C(=O)O)C(C(F)F)C4)cc3)nc2n1-c1cccc(N=S(C)(C)=O)n1. The minimum absolute atomic E-state index is 0.0347. The highest BCUT2D eigenvalue weighted by molar-refractivity contribution is 7.92. The molecule has 2 N–H and O–H groups in total. The van der Waals surface area contributed by atoms with Crippen LogP contribution in [0.2, 0.25) is 0 Å². The second-order valence-electron chi connectivity index (χ2n) is 10.0. The van der Waals surface area contributed by atoms with Crippen LogP contribution in [-0.4, -0.2) is 89.2 Å². The molecule has 0 bridgehead atoms. The third kappa shape index (κ3) is 6.33. The van der Waals surface area contributed by atoms with Crippen LogP contribution >= 0.6 is 0 Å². The molecule has 1 atom stereocenters. The zero-order chi connectivity index (χ0) is 30.9. The fourth-order valence-corrected chi connectivity index (χ4v) is 5.35. The fraction of sp³-hybridized carbons (Fsp3) is 0.296. The third-order valence-electron chi connectivity index (χ3n) is 6.67. The summed E-state index contributed by atoms with van der Waals surface area (Å²) in [5.41, 5.74) is 1.17. The summed E-state index contributed by atoms with van der Waals surface area (Å²) in [6.07, 6.45) is 1.79. The van der Waals surface area contributed by atoms with Gasteiger partial charge in [0.2, 0.25) is 5.95 Å². The lowest BCUT2D eigenvalue weighted by Gasteiger charge is -2.40. The lowest BCUT2D eigenvalue weighted by atomic mass is 10.1. The summed E-state index contributed by atoms with van der Waals surface area (Å²) in [6, 6.07) is 10.5. The molecule has 1 saturated heterocycles. The van der Waals surface area contributed by atoms with Crippen LogP contribution in [0.4, 0.5) is 36.7 Å². The molecule has 0 saturated carbocycles. The minimum Gasteiger partial charge on any atom is -0.465 e. The summed E-state index contributed by atoms with van der Waals surface area (Å²) < 4.78 is 46.4. The first-order valence-corrected chi connectivity index (χ1v) is 15.4. The molecule has 16 heteroatoms. The molecule has 13 nitrogen and oxygen atoms in total. The van der Waals surface area contributed by atoms with Gasteiger partial charge in [0.1, 0.15) is 11.4 Å². The van der Waals surface area contributed by atoms with Gasteiger partial charge in [-0.1, -0.05) is 12.1 Å². The van der Waals surface area contributed by atoms with E-state index in [1.54, 1.807) is 53.4 Å². The van der Waals surface area contributed by atoms with E-state index in [1.807, 2.05) is 0 Å². The van der Waals surface area contributed by atoms with Gasteiger partial charge in [0.15, 0.2) is 17.3 Å². The number of nitrogens with zero attached hydrogens (tertiary/aromatic N) is 8. The summed E-state index contributed by atoms with van der Waals surface area (Å²) in [4.78, 5) is 40.4. The normalized spacial score (nSPS) is 15.6. The van der Waals surface area contributed by atoms with Crippen molar-refractivity contribution in [3.05, 3.63) is 71.7 Å². The van der Waals surface area contributed by atoms with Crippen LogP contribution in [0.5, 0.6) is 0 Å². The Labute approximate surface area is 245 Å². The Morgan fingerprint density at radius 2 is 1.95 bits per heavy atom. The number of piperazine rings is 1. The maximum absolute atomic E-state index is 13.5. The molecule has 1 fully saturated rings. The van der Waals surface area contributed by atoms with Gasteiger partial charge in [-0.2, -0.15) is 9.35 Å². The number of hydrogen-bond donors (Lipinski definition) is 2. The summed E-state index contributed by atoms with van der Waals surface area (Å²) in [5.74, 6) is 0.755. The van der Waals surface area contributed by atoms with Gasteiger partial charge in [0.25, 0.3) is 12.0 Å². The molecule has 1 aliphatic heterocycles. The predicted molar refractivity (Wildman–Crippen MR) is 160 cm³/mol. The monoisotopic (exact) mass is 613 g/mol. The average molecular weight is 614 g/mol. The molecule has 4 aromatic rings. The third-order valence-corrected chi connectivity index (χ3v) is 7.30. The standard InChI is InChI=1S/C27H29F2N9O4S/c1-4-12-37-25(39)19-15-30-26(33-24(19)38(37)22-7-5-6-21(32-22)34-43(2,3)42)31-17-8-10-18(11-9-17)35-13-14-36(27(40)41)20(16-35)23(28)29/h4-11,15,20,23H,1,12-14,16H2,2-3H3,(H,40,41)(H,30,31,33). The van der Waals surface area contributed by atoms with Gasteiger partial charge >= 0.3 is 6.09 Å². The summed E-state index contributed by atoms with van der Waals surface area (Å²) >= 11 is 0. The highest BCUT2D eigenvalue weighted by Crippen LogP contribution is 2.26. The van der Waals surface area contributed by atoms with Crippen molar-refractivity contribution < 1.29 is 22.9 Å². The number of amides is 1. The van der Waals surface area contributed by atoms with E-state index in [9.17, 15) is 27.7 Å². The largest absolute Gasteiger partial charge is 0.465 e. The zero-order valence-electron chi connectivity index (χ0n) is 23.3. The van der Waals surface area contributed by atoms with E-state index in [1.165, 1.54) is 28.1 Å². The highest BCUT2D eigenvalue weighted by Gasteiger charge is 2.36. The number of alkyl halides is 2. The van der Waals surface area contributed by atoms with Crippen LogP contribution in [0.3, 0.4) is 0 Å². The van der Waals surface area contributed by atoms with Crippen molar-refractivity contribution in [2.45, 2.75) is 19.0 Å². The Hall–Kier alpha value is -4.86. The van der Waals surface area contributed by atoms with E-state index in [4.69, 9.17) is 0 Å². The quantitative estimate of drug-likeness (QED) is 0.284. The number of anilines is 3. The number of carboxylic acid groups (broad SMARTS) is 1. The van der Waals surface area contributed by atoms with Crippen molar-refractivity contribution >= 4 is 50.0 Å². The number of pyridine rings is 1. The van der Waals surface area contributed by atoms with Crippen molar-refractivity contribution in [1.29, 1.82) is 0 Å². The molecule has 43 heavy (non-hydrogen) atoms. The second kappa shape index (κ2) is 11.8. The summed E-state index contributed by atoms with van der Waals surface area (Å²) in [5, 5.41) is 12.6. The number of nitrogens with one attached hydrogen (secondary N) is 1. The molecule has 0 spiro atoms. The van der Waals surface area contributed by atoms with Gasteiger partial charge in [0, 0.05) is 59.4 Å². The molecule has 1 aliphatic rings. The van der Waals surface area contributed by atoms with Gasteiger partial charge in [-0.05, 0) is 36.4 Å². The molecule has 0 radical (unpaired) electrons. The molecule has 0 aliphatic carbocycles. The van der Waals surface area contributed by atoms with E-state index >= 15 is 0 Å². The minimum atomic E-state index is -2.81. The first kappa shape index (κ1) is 29.6. The van der Waals surface area contributed by atoms with E-state index in [0.29, 0.717) is 17.2 Å². The van der Waals surface area contributed by atoms with Gasteiger partial charge in [-0.25, -0.2) is 37.1 Å². The number of aromatic nitrogens is 5. The highest BCUT2D eigenvalue weighted by atomic mass is 32.2. The lowest BCUT2D eigenvalue weighted by molar-refractivity contribution is 0.0230. The number of fused-ring (bicyclic) bond motifs is 1. The van der Waals surface area contributed by atoms with Gasteiger partial charge in [0.05, 0.1) is 6.54 Å². The topological polar surface area (TPSA) is 151 Å². The average Bonchev–Trinajstić information content (AvgIpc) is 3.23. The Morgan fingerprint density at radius 3 is 2.60 bits per heavy atom. The molecule has 1 unspecified atom stereocenters. The summed E-state index contributed by atoms with van der Waals surface area (Å²) in [7, 11) is -2.48. The molecule has 226 valence electrons. The van der Waals surface area contributed by atoms with Crippen molar-refractivity contribution in [2.75, 3.05) is 42.4 Å². The maximum atomic E-state index is 13.5. The van der Waals surface area contributed by atoms with Crippen LogP contribution < -0.4 is 15.8 Å². The van der Waals surface area contributed by atoms with Crippen LogP contribution in [0, 0.1) is 0 Å². The molecule has 5 rings (SSSR count). The second-order valence-corrected chi connectivity index (χ2v) is 12.6. The van der Waals surface area contributed by atoms with Crippen molar-refractivity contribution in [1.82, 2.24) is 29.2 Å². The number of benzene rings is 1. The number of carbonyl (C=O) groups is 1. The van der Waals surface area contributed by atoms with Crippen molar-refractivity contribution in [2.24, 2.45) is 4.36 Å². The number of allylic oxidation sites excluding steroid dienone is 1. The Kier molecular flexibility index (Phi) is 8.12. The van der Waals surface area contributed by atoms with E-state index in [0.717, 1.165) is 4.90 Å². The van der Waals surface area contributed by atoms with E-state index < -0.39 is 28.3 Å². The zero-order valence-corrected chi connectivity index (χ0v) is 24.1. The van der Waals surface area contributed by atoms with Gasteiger partial charge < -0.3 is 15.3 Å². The first-order chi connectivity index (χ1) is 20.4. The molecule has 4 heterocycles. The molecular formula is C27H29F2N9O4S. The molecule has 1 aromatic carbocycles. The number of rotatable bonds is 8. The van der Waals surface area contributed by atoms with Crippen LogP contribution in [0.25, 0.3) is 16.9 Å². The molecule has 1 amide bonds. The number of hydrogen-bond acceptors (Lipinski definition) is 9. The first-order valence-electron chi connectivity index (χ1n) is 13.1. The van der Waals surface area contributed by atoms with E-state index in [-0.39, 0.29) is 54.5 Å². The molecule has 3 aromatic heterocycles. The van der Waals surface area contributed by atoms with Crippen molar-refractivity contribution in [3.63, 3.8) is 0 Å². The maximum Gasteiger partial charge on any atom is 0.407 e. The fourth-order valence-electron chi connectivity index (χ4n) is 4.80. The van der Waals surface area contributed by atoms with Crippen molar-refractivity contribution in [3.8, 4) is 5.82 Å². The van der Waals surface area contributed by atoms with Gasteiger partial charge in [-0.15, -0.1) is 6.58 Å². The summed E-state index contributed by atoms with van der Waals surface area (Å²) in [6.45, 7) is 4.01. The smallest absolute Gasteiger partial charge is 0.407 e.